The summed E-state index contributed by atoms with van der Waals surface area (Å²) in [5.74, 6) is 1.23. The summed E-state index contributed by atoms with van der Waals surface area (Å²) in [7, 11) is 0. The second-order valence-electron chi connectivity index (χ2n) is 5.15. The molecule has 5 heteroatoms. The molecule has 0 spiro atoms. The summed E-state index contributed by atoms with van der Waals surface area (Å²) in [5, 5.41) is 11.4. The molecule has 2 aliphatic carbocycles. The van der Waals surface area contributed by atoms with Crippen molar-refractivity contribution >= 4 is 0 Å². The van der Waals surface area contributed by atoms with Gasteiger partial charge < -0.3 is 0 Å². The van der Waals surface area contributed by atoms with E-state index in [1.165, 1.54) is 55.5 Å². The average molecular weight is 231 g/mol. The van der Waals surface area contributed by atoms with E-state index in [-0.39, 0.29) is 0 Å². The lowest BCUT2D eigenvalue weighted by molar-refractivity contribution is 0.684. The second kappa shape index (κ2) is 4.41. The Morgan fingerprint density at radius 2 is 2.00 bits per heavy atom. The minimum absolute atomic E-state index is 0.463. The predicted octanol–water partition coefficient (Wildman–Crippen LogP) is 3.76. The third-order valence-corrected chi connectivity index (χ3v) is 3.95. The van der Waals surface area contributed by atoms with Gasteiger partial charge in [-0.2, -0.15) is 5.10 Å². The molecular formula is C12H17N5. The van der Waals surface area contributed by atoms with Crippen molar-refractivity contribution in [2.45, 2.75) is 56.9 Å². The van der Waals surface area contributed by atoms with Crippen molar-refractivity contribution in [1.82, 2.24) is 10.2 Å². The Labute approximate surface area is 100 Å². The van der Waals surface area contributed by atoms with Crippen LogP contribution in [0.4, 0.5) is 0 Å². The van der Waals surface area contributed by atoms with Crippen LogP contribution in [-0.4, -0.2) is 10.2 Å². The summed E-state index contributed by atoms with van der Waals surface area (Å²) in [6.07, 6.45) is 7.57. The molecule has 2 aliphatic rings. The molecule has 0 aliphatic heterocycles. The second-order valence-corrected chi connectivity index (χ2v) is 5.15. The van der Waals surface area contributed by atoms with Gasteiger partial charge in [0.25, 0.3) is 0 Å². The summed E-state index contributed by atoms with van der Waals surface area (Å²) in [5.41, 5.74) is 12.1. The van der Waals surface area contributed by atoms with Gasteiger partial charge in [-0.3, -0.25) is 5.10 Å². The molecule has 0 amide bonds. The number of aromatic amines is 1. The molecule has 1 aromatic heterocycles. The molecule has 90 valence electrons. The van der Waals surface area contributed by atoms with E-state index in [9.17, 15) is 0 Å². The van der Waals surface area contributed by atoms with Gasteiger partial charge in [-0.25, -0.2) is 0 Å². The van der Waals surface area contributed by atoms with E-state index in [0.717, 1.165) is 0 Å². The molecule has 3 rings (SSSR count). The van der Waals surface area contributed by atoms with Gasteiger partial charge in [-0.05, 0) is 31.2 Å². The Bertz CT molecular complexity index is 447. The number of aromatic nitrogens is 2. The van der Waals surface area contributed by atoms with Crippen LogP contribution in [-0.2, 0) is 6.54 Å². The van der Waals surface area contributed by atoms with E-state index in [4.69, 9.17) is 5.53 Å². The maximum Gasteiger partial charge on any atom is 0.0689 e. The number of nitrogens with zero attached hydrogens (tertiary/aromatic N) is 4. The zero-order valence-corrected chi connectivity index (χ0v) is 9.89. The molecule has 1 N–H and O–H groups in total. The van der Waals surface area contributed by atoms with Gasteiger partial charge >= 0.3 is 0 Å². The Balaban J connectivity index is 1.92. The van der Waals surface area contributed by atoms with Gasteiger partial charge in [-0.1, -0.05) is 18.0 Å². The van der Waals surface area contributed by atoms with Gasteiger partial charge in [0, 0.05) is 28.0 Å². The molecule has 1 heterocycles. The first kappa shape index (κ1) is 10.7. The van der Waals surface area contributed by atoms with E-state index in [0.29, 0.717) is 18.4 Å². The maximum atomic E-state index is 8.49. The highest BCUT2D eigenvalue weighted by atomic mass is 15.2. The zero-order chi connectivity index (χ0) is 11.7. The fraction of sp³-hybridized carbons (Fsp3) is 0.750. The van der Waals surface area contributed by atoms with E-state index in [2.05, 4.69) is 20.2 Å². The monoisotopic (exact) mass is 231 g/mol. The van der Waals surface area contributed by atoms with Crippen LogP contribution in [0.3, 0.4) is 0 Å². The van der Waals surface area contributed by atoms with Crippen LogP contribution in [0.5, 0.6) is 0 Å². The standard InChI is InChI=1S/C12H17N5/c13-17-14-7-10-11(8-3-1-2-4-8)15-16-12(10)9-5-6-9/h8-9H,1-7H2,(H,15,16). The molecule has 0 unspecified atom stereocenters. The summed E-state index contributed by atoms with van der Waals surface area (Å²) in [4.78, 5) is 2.88. The third-order valence-electron chi connectivity index (χ3n) is 3.95. The molecule has 2 saturated carbocycles. The van der Waals surface area contributed by atoms with Crippen molar-refractivity contribution < 1.29 is 0 Å². The highest BCUT2D eigenvalue weighted by molar-refractivity contribution is 5.33. The average Bonchev–Trinajstić information content (AvgIpc) is 2.91. The van der Waals surface area contributed by atoms with E-state index in [1.54, 1.807) is 0 Å². The number of nitrogens with one attached hydrogen (secondary N) is 1. The normalized spacial score (nSPS) is 20.5. The quantitative estimate of drug-likeness (QED) is 0.478. The SMILES string of the molecule is [N-]=[N+]=NCc1c(C2CCCC2)n[nH]c1C1CC1. The van der Waals surface area contributed by atoms with Gasteiger partial charge in [-0.15, -0.1) is 0 Å². The number of hydrogen-bond donors (Lipinski definition) is 1. The fourth-order valence-corrected chi connectivity index (χ4v) is 2.91. The lowest BCUT2D eigenvalue weighted by atomic mass is 9.98. The molecule has 0 bridgehead atoms. The van der Waals surface area contributed by atoms with Crippen molar-refractivity contribution in [3.63, 3.8) is 0 Å². The first-order valence-electron chi connectivity index (χ1n) is 6.48. The van der Waals surface area contributed by atoms with Crippen molar-refractivity contribution in [2.75, 3.05) is 0 Å². The first-order chi connectivity index (χ1) is 8.40. The van der Waals surface area contributed by atoms with Crippen LogP contribution >= 0.6 is 0 Å². The molecule has 0 aromatic carbocycles. The molecule has 0 atom stereocenters. The van der Waals surface area contributed by atoms with E-state index >= 15 is 0 Å². The van der Waals surface area contributed by atoms with Crippen molar-refractivity contribution in [2.24, 2.45) is 5.11 Å². The van der Waals surface area contributed by atoms with Crippen LogP contribution in [0.1, 0.15) is 67.3 Å². The van der Waals surface area contributed by atoms with Gasteiger partial charge in [0.2, 0.25) is 0 Å². The van der Waals surface area contributed by atoms with Crippen LogP contribution in [0.15, 0.2) is 5.11 Å². The molecule has 0 radical (unpaired) electrons. The molecule has 2 fully saturated rings. The highest BCUT2D eigenvalue weighted by Crippen LogP contribution is 2.44. The summed E-state index contributed by atoms with van der Waals surface area (Å²) in [6.45, 7) is 0.463. The minimum atomic E-state index is 0.463. The number of H-pyrrole nitrogens is 1. The van der Waals surface area contributed by atoms with Crippen LogP contribution in [0, 0.1) is 0 Å². The van der Waals surface area contributed by atoms with Crippen LogP contribution in [0.2, 0.25) is 0 Å². The zero-order valence-electron chi connectivity index (χ0n) is 9.89. The van der Waals surface area contributed by atoms with E-state index in [1.807, 2.05) is 0 Å². The number of hydrogen-bond acceptors (Lipinski definition) is 2. The number of azide groups is 1. The van der Waals surface area contributed by atoms with Crippen molar-refractivity contribution in [1.29, 1.82) is 0 Å². The Morgan fingerprint density at radius 1 is 1.24 bits per heavy atom. The third kappa shape index (κ3) is 2.03. The van der Waals surface area contributed by atoms with Crippen LogP contribution < -0.4 is 0 Å². The molecule has 0 saturated heterocycles. The topological polar surface area (TPSA) is 77.4 Å². The summed E-state index contributed by atoms with van der Waals surface area (Å²) in [6, 6.07) is 0. The van der Waals surface area contributed by atoms with Gasteiger partial charge in [0.1, 0.15) is 0 Å². The van der Waals surface area contributed by atoms with Gasteiger partial charge in [0.05, 0.1) is 12.2 Å². The smallest absolute Gasteiger partial charge is 0.0689 e. The van der Waals surface area contributed by atoms with Crippen molar-refractivity contribution in [3.05, 3.63) is 27.4 Å². The summed E-state index contributed by atoms with van der Waals surface area (Å²) >= 11 is 0. The van der Waals surface area contributed by atoms with E-state index < -0.39 is 0 Å². The fourth-order valence-electron chi connectivity index (χ4n) is 2.91. The highest BCUT2D eigenvalue weighted by Gasteiger charge is 2.31. The van der Waals surface area contributed by atoms with Crippen LogP contribution in [0.25, 0.3) is 10.4 Å². The minimum Gasteiger partial charge on any atom is -0.282 e. The van der Waals surface area contributed by atoms with Gasteiger partial charge in [0.15, 0.2) is 0 Å². The Morgan fingerprint density at radius 3 is 2.65 bits per heavy atom. The van der Waals surface area contributed by atoms with Crippen molar-refractivity contribution in [3.8, 4) is 0 Å². The lowest BCUT2D eigenvalue weighted by Gasteiger charge is -2.08. The first-order valence-corrected chi connectivity index (χ1v) is 6.48. The molecular weight excluding hydrogens is 214 g/mol. The molecule has 17 heavy (non-hydrogen) atoms. The lowest BCUT2D eigenvalue weighted by Crippen LogP contribution is -1.98. The maximum absolute atomic E-state index is 8.49. The number of rotatable bonds is 4. The Hall–Kier alpha value is -1.48. The largest absolute Gasteiger partial charge is 0.282 e. The summed E-state index contributed by atoms with van der Waals surface area (Å²) < 4.78 is 0. The molecule has 1 aromatic rings. The molecule has 5 nitrogen and oxygen atoms in total. The Kier molecular flexibility index (Phi) is 2.77. The predicted molar refractivity (Wildman–Crippen MR) is 64.6 cm³/mol.